The Kier molecular flexibility index (Phi) is 3.53. The summed E-state index contributed by atoms with van der Waals surface area (Å²) in [6.45, 7) is 0. The molecule has 3 rings (SSSR count). The number of hydrogen-bond acceptors (Lipinski definition) is 5. The zero-order valence-corrected chi connectivity index (χ0v) is 12.2. The molecule has 112 valence electrons. The van der Waals surface area contributed by atoms with Gasteiger partial charge in [-0.2, -0.15) is 0 Å². The van der Waals surface area contributed by atoms with Gasteiger partial charge in [0.25, 0.3) is 5.56 Å². The second-order valence-electron chi connectivity index (χ2n) is 4.45. The highest BCUT2D eigenvalue weighted by Crippen LogP contribution is 2.22. The van der Waals surface area contributed by atoms with Gasteiger partial charge in [0.15, 0.2) is 11.0 Å². The quantitative estimate of drug-likeness (QED) is 0.446. The molecule has 22 heavy (non-hydrogen) atoms. The average molecular weight is 320 g/mol. The second-order valence-corrected chi connectivity index (χ2v) is 5.22. The minimum atomic E-state index is -0.983. The Morgan fingerprint density at radius 1 is 1.27 bits per heavy atom. The number of anilines is 1. The standard InChI is InChI=1S/C14H10F2N4OS/c1-22-14-18-6-7-10(19-14)4-5-20(13(7)21)12-8(15)2-3-9(17)11(12)16/h2-6H,17H2,1H3. The van der Waals surface area contributed by atoms with Crippen molar-refractivity contribution in [3.05, 3.63) is 52.6 Å². The number of nitrogens with two attached hydrogens (primary N) is 1. The van der Waals surface area contributed by atoms with E-state index in [0.717, 1.165) is 16.7 Å². The summed E-state index contributed by atoms with van der Waals surface area (Å²) in [5.41, 5.74) is 4.48. The van der Waals surface area contributed by atoms with Crippen LogP contribution in [0.2, 0.25) is 0 Å². The molecule has 0 aliphatic rings. The van der Waals surface area contributed by atoms with Crippen molar-refractivity contribution in [2.45, 2.75) is 5.16 Å². The normalized spacial score (nSPS) is 11.0. The summed E-state index contributed by atoms with van der Waals surface area (Å²) in [5, 5.41) is 0.674. The predicted molar refractivity (Wildman–Crippen MR) is 81.2 cm³/mol. The minimum Gasteiger partial charge on any atom is -0.396 e. The number of thioether (sulfide) groups is 1. The molecule has 0 amide bonds. The van der Waals surface area contributed by atoms with Gasteiger partial charge in [0.05, 0.1) is 16.6 Å². The van der Waals surface area contributed by atoms with E-state index in [1.807, 2.05) is 0 Å². The molecular formula is C14H10F2N4OS. The average Bonchev–Trinajstić information content (AvgIpc) is 2.53. The number of benzene rings is 1. The Morgan fingerprint density at radius 3 is 2.77 bits per heavy atom. The third kappa shape index (κ3) is 2.21. The molecule has 2 aromatic heterocycles. The van der Waals surface area contributed by atoms with Crippen LogP contribution < -0.4 is 11.3 Å². The number of aromatic nitrogens is 3. The molecule has 0 aliphatic carbocycles. The van der Waals surface area contributed by atoms with Crippen LogP contribution in [-0.2, 0) is 0 Å². The van der Waals surface area contributed by atoms with E-state index < -0.39 is 22.9 Å². The van der Waals surface area contributed by atoms with Crippen molar-refractivity contribution in [1.82, 2.24) is 14.5 Å². The van der Waals surface area contributed by atoms with E-state index in [0.29, 0.717) is 10.7 Å². The molecule has 0 aliphatic heterocycles. The molecular weight excluding hydrogens is 310 g/mol. The van der Waals surface area contributed by atoms with Gasteiger partial charge in [-0.3, -0.25) is 9.36 Å². The van der Waals surface area contributed by atoms with Crippen LogP contribution in [0.4, 0.5) is 14.5 Å². The highest BCUT2D eigenvalue weighted by Gasteiger charge is 2.16. The molecule has 0 atom stereocenters. The van der Waals surface area contributed by atoms with E-state index in [9.17, 15) is 13.6 Å². The fourth-order valence-electron chi connectivity index (χ4n) is 2.06. The van der Waals surface area contributed by atoms with Crippen molar-refractivity contribution in [2.75, 3.05) is 12.0 Å². The zero-order valence-electron chi connectivity index (χ0n) is 11.4. The molecule has 0 spiro atoms. The van der Waals surface area contributed by atoms with Crippen LogP contribution in [0.3, 0.4) is 0 Å². The smallest absolute Gasteiger partial charge is 0.266 e. The van der Waals surface area contributed by atoms with E-state index >= 15 is 0 Å². The second kappa shape index (κ2) is 5.38. The lowest BCUT2D eigenvalue weighted by atomic mass is 10.2. The highest BCUT2D eigenvalue weighted by atomic mass is 32.2. The molecule has 0 saturated heterocycles. The Morgan fingerprint density at radius 2 is 2.05 bits per heavy atom. The fourth-order valence-corrected chi connectivity index (χ4v) is 2.41. The van der Waals surface area contributed by atoms with Gasteiger partial charge >= 0.3 is 0 Å². The lowest BCUT2D eigenvalue weighted by molar-refractivity contribution is 0.570. The van der Waals surface area contributed by atoms with Gasteiger partial charge in [-0.05, 0) is 24.5 Å². The van der Waals surface area contributed by atoms with Gasteiger partial charge in [0.1, 0.15) is 11.5 Å². The maximum absolute atomic E-state index is 14.1. The first kappa shape index (κ1) is 14.5. The zero-order chi connectivity index (χ0) is 15.9. The highest BCUT2D eigenvalue weighted by molar-refractivity contribution is 7.98. The summed E-state index contributed by atoms with van der Waals surface area (Å²) >= 11 is 1.33. The van der Waals surface area contributed by atoms with Gasteiger partial charge < -0.3 is 5.73 Å². The van der Waals surface area contributed by atoms with Gasteiger partial charge in [-0.25, -0.2) is 18.7 Å². The van der Waals surface area contributed by atoms with Gasteiger partial charge in [-0.15, -0.1) is 0 Å². The van der Waals surface area contributed by atoms with Crippen LogP contribution in [0.1, 0.15) is 0 Å². The Labute approximate surface area is 127 Å². The molecule has 2 heterocycles. The molecule has 8 heteroatoms. The predicted octanol–water partition coefficient (Wildman–Crippen LogP) is 2.36. The van der Waals surface area contributed by atoms with Crippen molar-refractivity contribution >= 4 is 28.4 Å². The van der Waals surface area contributed by atoms with Gasteiger partial charge in [-0.1, -0.05) is 11.8 Å². The number of nitrogen functional groups attached to an aromatic ring is 1. The Bertz CT molecular complexity index is 942. The summed E-state index contributed by atoms with van der Waals surface area (Å²) < 4.78 is 28.9. The maximum atomic E-state index is 14.1. The Balaban J connectivity index is 2.32. The summed E-state index contributed by atoms with van der Waals surface area (Å²) in [5.74, 6) is -1.86. The van der Waals surface area contributed by atoms with Crippen LogP contribution in [-0.4, -0.2) is 20.8 Å². The Hall–Kier alpha value is -2.48. The molecule has 1 aromatic carbocycles. The SMILES string of the molecule is CSc1ncc2c(=O)n(-c3c(F)ccc(N)c3F)ccc2n1. The van der Waals surface area contributed by atoms with E-state index in [2.05, 4.69) is 9.97 Å². The molecule has 0 bridgehead atoms. The van der Waals surface area contributed by atoms with Gasteiger partial charge in [0.2, 0.25) is 0 Å². The number of rotatable bonds is 2. The molecule has 5 nitrogen and oxygen atoms in total. The van der Waals surface area contributed by atoms with E-state index in [4.69, 9.17) is 5.73 Å². The topological polar surface area (TPSA) is 73.8 Å². The largest absolute Gasteiger partial charge is 0.396 e. The molecule has 2 N–H and O–H groups in total. The lowest BCUT2D eigenvalue weighted by Gasteiger charge is -2.10. The summed E-state index contributed by atoms with van der Waals surface area (Å²) in [7, 11) is 0. The monoisotopic (exact) mass is 320 g/mol. The maximum Gasteiger partial charge on any atom is 0.266 e. The number of halogens is 2. The first-order valence-corrected chi connectivity index (χ1v) is 7.41. The van der Waals surface area contributed by atoms with Crippen molar-refractivity contribution in [1.29, 1.82) is 0 Å². The third-order valence-electron chi connectivity index (χ3n) is 3.15. The first-order chi connectivity index (χ1) is 10.5. The van der Waals surface area contributed by atoms with Crippen LogP contribution >= 0.6 is 11.8 Å². The molecule has 0 unspecified atom stereocenters. The lowest BCUT2D eigenvalue weighted by Crippen LogP contribution is -2.21. The number of hydrogen-bond donors (Lipinski definition) is 1. The molecule has 3 aromatic rings. The van der Waals surface area contributed by atoms with Crippen LogP contribution in [0.15, 0.2) is 40.5 Å². The molecule has 0 fully saturated rings. The summed E-state index contributed by atoms with van der Waals surface area (Å²) in [6, 6.07) is 3.62. The molecule has 0 saturated carbocycles. The number of fused-ring (bicyclic) bond motifs is 1. The molecule has 0 radical (unpaired) electrons. The van der Waals surface area contributed by atoms with E-state index in [1.165, 1.54) is 30.2 Å². The van der Waals surface area contributed by atoms with E-state index in [1.54, 1.807) is 6.26 Å². The van der Waals surface area contributed by atoms with Gasteiger partial charge in [0, 0.05) is 12.4 Å². The van der Waals surface area contributed by atoms with Crippen molar-refractivity contribution in [3.8, 4) is 5.69 Å². The van der Waals surface area contributed by atoms with Crippen LogP contribution in [0, 0.1) is 11.6 Å². The fraction of sp³-hybridized carbons (Fsp3) is 0.0714. The van der Waals surface area contributed by atoms with E-state index in [-0.39, 0.29) is 11.1 Å². The summed E-state index contributed by atoms with van der Waals surface area (Å²) in [4.78, 5) is 20.6. The van der Waals surface area contributed by atoms with Crippen molar-refractivity contribution in [3.63, 3.8) is 0 Å². The third-order valence-corrected chi connectivity index (χ3v) is 3.71. The summed E-state index contributed by atoms with van der Waals surface area (Å²) in [6.07, 6.45) is 4.41. The van der Waals surface area contributed by atoms with Crippen LogP contribution in [0.5, 0.6) is 0 Å². The van der Waals surface area contributed by atoms with Crippen molar-refractivity contribution in [2.24, 2.45) is 0 Å². The number of nitrogens with zero attached hydrogens (tertiary/aromatic N) is 3. The minimum absolute atomic E-state index is 0.168. The van der Waals surface area contributed by atoms with Crippen LogP contribution in [0.25, 0.3) is 16.6 Å². The number of pyridine rings is 1. The first-order valence-electron chi connectivity index (χ1n) is 6.19. The van der Waals surface area contributed by atoms with Crippen molar-refractivity contribution < 1.29 is 8.78 Å².